The number of amides is 2. The molecule has 6 rings (SSSR count). The van der Waals surface area contributed by atoms with Crippen LogP contribution in [0.25, 0.3) is 0 Å². The molecule has 6 heteroatoms. The third kappa shape index (κ3) is 4.43. The lowest BCUT2D eigenvalue weighted by Crippen LogP contribution is -2.50. The van der Waals surface area contributed by atoms with E-state index < -0.39 is 0 Å². The number of nitriles is 1. The van der Waals surface area contributed by atoms with Gasteiger partial charge >= 0.3 is 0 Å². The predicted octanol–water partition coefficient (Wildman–Crippen LogP) is 5.60. The van der Waals surface area contributed by atoms with Crippen LogP contribution in [0.3, 0.4) is 0 Å². The van der Waals surface area contributed by atoms with Crippen molar-refractivity contribution in [2.45, 2.75) is 50.2 Å². The number of nitrogens with zero attached hydrogens (tertiary/aromatic N) is 2. The van der Waals surface area contributed by atoms with E-state index >= 15 is 0 Å². The predicted molar refractivity (Wildman–Crippen MR) is 146 cm³/mol. The van der Waals surface area contributed by atoms with Crippen LogP contribution in [-0.2, 0) is 4.79 Å². The van der Waals surface area contributed by atoms with Crippen molar-refractivity contribution in [1.29, 1.82) is 5.26 Å². The van der Waals surface area contributed by atoms with Crippen LogP contribution in [0.1, 0.15) is 71.2 Å². The molecule has 1 saturated heterocycles. The molecule has 3 aromatic carbocycles. The highest BCUT2D eigenvalue weighted by atomic mass is 16.2. The summed E-state index contributed by atoms with van der Waals surface area (Å²) >= 11 is 0. The fourth-order valence-corrected chi connectivity index (χ4v) is 6.72. The SMILES string of the molecule is N#Cc1ccc(C(=O)N[C@@H]2CCCC[C@@H]2C(=O)N2CC[C@@H]3[C@H](c4ccccc4)Nc4ccccc4[C@@H]32)cc1. The quantitative estimate of drug-likeness (QED) is 0.484. The normalized spacial score (nSPS) is 25.9. The minimum Gasteiger partial charge on any atom is -0.378 e. The Labute approximate surface area is 223 Å². The van der Waals surface area contributed by atoms with Gasteiger partial charge < -0.3 is 15.5 Å². The Kier molecular flexibility index (Phi) is 6.59. The molecule has 0 radical (unpaired) electrons. The monoisotopic (exact) mass is 504 g/mol. The first-order valence-electron chi connectivity index (χ1n) is 13.7. The molecule has 0 aromatic heterocycles. The number of anilines is 1. The van der Waals surface area contributed by atoms with E-state index in [-0.39, 0.29) is 41.8 Å². The summed E-state index contributed by atoms with van der Waals surface area (Å²) in [5, 5.41) is 16.0. The molecule has 1 saturated carbocycles. The highest BCUT2D eigenvalue weighted by molar-refractivity contribution is 5.95. The van der Waals surface area contributed by atoms with E-state index in [1.165, 1.54) is 11.1 Å². The second-order valence-corrected chi connectivity index (χ2v) is 10.7. The molecule has 0 spiro atoms. The van der Waals surface area contributed by atoms with E-state index in [4.69, 9.17) is 5.26 Å². The van der Waals surface area contributed by atoms with Crippen LogP contribution in [0.2, 0.25) is 0 Å². The van der Waals surface area contributed by atoms with Crippen LogP contribution in [-0.4, -0.2) is 29.3 Å². The summed E-state index contributed by atoms with van der Waals surface area (Å²) in [6.45, 7) is 0.723. The molecule has 6 nitrogen and oxygen atoms in total. The summed E-state index contributed by atoms with van der Waals surface area (Å²) < 4.78 is 0. The Bertz CT molecular complexity index is 1360. The molecular formula is C32H32N4O2. The van der Waals surface area contributed by atoms with Gasteiger partial charge in [0.15, 0.2) is 0 Å². The summed E-state index contributed by atoms with van der Waals surface area (Å²) in [4.78, 5) is 29.4. The number of carbonyl (C=O) groups excluding carboxylic acids is 2. The van der Waals surface area contributed by atoms with E-state index in [9.17, 15) is 9.59 Å². The summed E-state index contributed by atoms with van der Waals surface area (Å²) in [7, 11) is 0. The largest absolute Gasteiger partial charge is 0.378 e. The lowest BCUT2D eigenvalue weighted by atomic mass is 9.79. The van der Waals surface area contributed by atoms with Gasteiger partial charge in [0.25, 0.3) is 5.91 Å². The number of hydrogen-bond acceptors (Lipinski definition) is 4. The van der Waals surface area contributed by atoms with Crippen molar-refractivity contribution in [3.8, 4) is 6.07 Å². The number of hydrogen-bond donors (Lipinski definition) is 2. The highest BCUT2D eigenvalue weighted by Gasteiger charge is 2.48. The average Bonchev–Trinajstić information content (AvgIpc) is 3.43. The van der Waals surface area contributed by atoms with E-state index in [0.717, 1.165) is 44.3 Å². The van der Waals surface area contributed by atoms with Crippen LogP contribution < -0.4 is 10.6 Å². The number of rotatable bonds is 4. The molecule has 3 aromatic rings. The van der Waals surface area contributed by atoms with Gasteiger partial charge in [-0.2, -0.15) is 5.26 Å². The molecule has 5 atom stereocenters. The standard InChI is InChI=1S/C32H32N4O2/c33-20-21-14-16-23(17-15-21)31(37)35-28-13-7-5-11-25(28)32(38)36-19-18-26-29(22-8-2-1-3-9-22)34-27-12-6-4-10-24(27)30(26)36/h1-4,6,8-10,12,14-17,25-26,28-30,34H,5,7,11,13,18-19H2,(H,35,37)/t25-,26+,28+,29-,30-/m0/s1. The van der Waals surface area contributed by atoms with Crippen molar-refractivity contribution in [2.75, 3.05) is 11.9 Å². The molecule has 3 aliphatic rings. The third-order valence-corrected chi connectivity index (χ3v) is 8.58. The summed E-state index contributed by atoms with van der Waals surface area (Å²) in [5.74, 6) is 0.0225. The summed E-state index contributed by atoms with van der Waals surface area (Å²) in [5.41, 5.74) is 4.56. The van der Waals surface area contributed by atoms with E-state index in [1.54, 1.807) is 24.3 Å². The lowest BCUT2D eigenvalue weighted by Gasteiger charge is -2.42. The first-order valence-corrected chi connectivity index (χ1v) is 13.7. The van der Waals surface area contributed by atoms with Crippen molar-refractivity contribution < 1.29 is 9.59 Å². The lowest BCUT2D eigenvalue weighted by molar-refractivity contribution is -0.138. The zero-order valence-corrected chi connectivity index (χ0v) is 21.3. The molecule has 2 fully saturated rings. The Morgan fingerprint density at radius 3 is 2.42 bits per heavy atom. The van der Waals surface area contributed by atoms with Gasteiger partial charge in [0.05, 0.1) is 29.6 Å². The Balaban J connectivity index is 1.26. The first-order chi connectivity index (χ1) is 18.6. The number of benzene rings is 3. The van der Waals surface area contributed by atoms with Crippen molar-refractivity contribution in [3.63, 3.8) is 0 Å². The molecule has 2 N–H and O–H groups in total. The fourth-order valence-electron chi connectivity index (χ4n) is 6.72. The number of fused-ring (bicyclic) bond motifs is 3. The zero-order chi connectivity index (χ0) is 26.1. The molecule has 1 aliphatic carbocycles. The van der Waals surface area contributed by atoms with Crippen molar-refractivity contribution >= 4 is 17.5 Å². The second-order valence-electron chi connectivity index (χ2n) is 10.7. The number of carbonyl (C=O) groups is 2. The number of likely N-dealkylation sites (tertiary alicyclic amines) is 1. The van der Waals surface area contributed by atoms with Gasteiger partial charge in [-0.1, -0.05) is 61.4 Å². The molecule has 0 unspecified atom stereocenters. The Morgan fingerprint density at radius 2 is 1.63 bits per heavy atom. The highest BCUT2D eigenvalue weighted by Crippen LogP contribution is 2.51. The van der Waals surface area contributed by atoms with Gasteiger partial charge in [-0.25, -0.2) is 0 Å². The molecule has 2 heterocycles. The van der Waals surface area contributed by atoms with Crippen molar-refractivity contribution in [2.24, 2.45) is 11.8 Å². The van der Waals surface area contributed by atoms with Crippen LogP contribution in [0.15, 0.2) is 78.9 Å². The first kappa shape index (κ1) is 24.2. The van der Waals surface area contributed by atoms with E-state index in [2.05, 4.69) is 64.1 Å². The van der Waals surface area contributed by atoms with Crippen molar-refractivity contribution in [3.05, 3.63) is 101 Å². The summed E-state index contributed by atoms with van der Waals surface area (Å²) in [6.07, 6.45) is 4.51. The van der Waals surface area contributed by atoms with Crippen LogP contribution in [0.4, 0.5) is 5.69 Å². The summed E-state index contributed by atoms with van der Waals surface area (Å²) in [6, 6.07) is 27.6. The minimum atomic E-state index is -0.234. The molecular weight excluding hydrogens is 472 g/mol. The molecule has 2 aliphatic heterocycles. The molecule has 2 amide bonds. The van der Waals surface area contributed by atoms with E-state index in [0.29, 0.717) is 11.1 Å². The van der Waals surface area contributed by atoms with Crippen LogP contribution in [0.5, 0.6) is 0 Å². The topological polar surface area (TPSA) is 85.2 Å². The second kappa shape index (κ2) is 10.3. The molecule has 0 bridgehead atoms. The Hall–Kier alpha value is -4.11. The van der Waals surface area contributed by atoms with Gasteiger partial charge in [-0.05, 0) is 60.7 Å². The minimum absolute atomic E-state index is 0.0157. The van der Waals surface area contributed by atoms with E-state index in [1.807, 2.05) is 12.1 Å². The van der Waals surface area contributed by atoms with Crippen molar-refractivity contribution in [1.82, 2.24) is 10.2 Å². The Morgan fingerprint density at radius 1 is 0.895 bits per heavy atom. The maximum absolute atomic E-state index is 14.2. The fraction of sp³-hybridized carbons (Fsp3) is 0.344. The molecule has 38 heavy (non-hydrogen) atoms. The van der Waals surface area contributed by atoms with Crippen LogP contribution >= 0.6 is 0 Å². The number of nitrogens with one attached hydrogen (secondary N) is 2. The van der Waals surface area contributed by atoms with Gasteiger partial charge in [-0.15, -0.1) is 0 Å². The smallest absolute Gasteiger partial charge is 0.251 e. The molecule has 192 valence electrons. The van der Waals surface area contributed by atoms with Gasteiger partial charge in [0, 0.05) is 29.8 Å². The number of para-hydroxylation sites is 1. The van der Waals surface area contributed by atoms with Gasteiger partial charge in [0.2, 0.25) is 5.91 Å². The van der Waals surface area contributed by atoms with Gasteiger partial charge in [0.1, 0.15) is 0 Å². The van der Waals surface area contributed by atoms with Gasteiger partial charge in [-0.3, -0.25) is 9.59 Å². The third-order valence-electron chi connectivity index (χ3n) is 8.58. The maximum Gasteiger partial charge on any atom is 0.251 e. The maximum atomic E-state index is 14.2. The average molecular weight is 505 g/mol. The van der Waals surface area contributed by atoms with Crippen LogP contribution in [0, 0.1) is 23.2 Å². The zero-order valence-electron chi connectivity index (χ0n) is 21.3.